The predicted molar refractivity (Wildman–Crippen MR) is 77.7 cm³/mol. The summed E-state index contributed by atoms with van der Waals surface area (Å²) in [4.78, 5) is 0.333. The van der Waals surface area contributed by atoms with E-state index in [1.807, 2.05) is 26.0 Å². The van der Waals surface area contributed by atoms with Crippen LogP contribution in [0.2, 0.25) is 0 Å². The van der Waals surface area contributed by atoms with Gasteiger partial charge >= 0.3 is 0 Å². The highest BCUT2D eigenvalue weighted by atomic mass is 32.2. The van der Waals surface area contributed by atoms with Gasteiger partial charge in [-0.25, -0.2) is 13.1 Å². The lowest BCUT2D eigenvalue weighted by molar-refractivity contribution is 0.570. The van der Waals surface area contributed by atoms with E-state index in [4.69, 9.17) is 0 Å². The summed E-state index contributed by atoms with van der Waals surface area (Å²) in [5.41, 5.74) is 0.691. The van der Waals surface area contributed by atoms with Crippen LogP contribution in [0.1, 0.15) is 33.1 Å². The zero-order valence-corrected chi connectivity index (χ0v) is 12.3. The number of para-hydroxylation sites is 1. The van der Waals surface area contributed by atoms with E-state index in [1.165, 1.54) is 12.8 Å². The van der Waals surface area contributed by atoms with Crippen LogP contribution >= 0.6 is 0 Å². The smallest absolute Gasteiger partial charge is 0.242 e. The van der Waals surface area contributed by atoms with Crippen LogP contribution in [0.25, 0.3) is 0 Å². The quantitative estimate of drug-likeness (QED) is 0.808. The van der Waals surface area contributed by atoms with E-state index >= 15 is 0 Å². The molecule has 4 nitrogen and oxygen atoms in total. The second-order valence-electron chi connectivity index (χ2n) is 5.43. The van der Waals surface area contributed by atoms with Crippen molar-refractivity contribution in [2.45, 2.75) is 44.0 Å². The number of hydrogen-bond donors (Lipinski definition) is 2. The summed E-state index contributed by atoms with van der Waals surface area (Å²) in [5.74, 6) is 0.838. The van der Waals surface area contributed by atoms with Gasteiger partial charge in [-0.3, -0.25) is 0 Å². The molecule has 0 amide bonds. The Morgan fingerprint density at radius 3 is 2.58 bits per heavy atom. The van der Waals surface area contributed by atoms with Gasteiger partial charge in [-0.1, -0.05) is 25.0 Å². The standard InChI is InChI=1S/C14H22N2O2S/c1-11(2)16-19(17,18)14-6-4-3-5-13(14)15-10-9-12-7-8-12/h3-6,11-12,15-16H,7-10H2,1-2H3. The molecule has 0 unspecified atom stereocenters. The second kappa shape index (κ2) is 5.92. The first-order valence-electron chi connectivity index (χ1n) is 6.84. The molecule has 0 aromatic heterocycles. The Morgan fingerprint density at radius 1 is 1.26 bits per heavy atom. The molecule has 0 saturated heterocycles. The summed E-state index contributed by atoms with van der Waals surface area (Å²) in [7, 11) is -3.44. The molecular weight excluding hydrogens is 260 g/mol. The first kappa shape index (κ1) is 14.3. The molecule has 1 fully saturated rings. The third-order valence-corrected chi connectivity index (χ3v) is 4.85. The molecule has 2 rings (SSSR count). The maximum Gasteiger partial charge on any atom is 0.242 e. The van der Waals surface area contributed by atoms with Crippen LogP contribution in [0.15, 0.2) is 29.2 Å². The number of hydrogen-bond acceptors (Lipinski definition) is 3. The highest BCUT2D eigenvalue weighted by Crippen LogP contribution is 2.32. The molecule has 1 aromatic rings. The molecule has 19 heavy (non-hydrogen) atoms. The van der Waals surface area contributed by atoms with Gasteiger partial charge < -0.3 is 5.32 Å². The molecule has 2 N–H and O–H groups in total. The number of anilines is 1. The third kappa shape index (κ3) is 4.21. The second-order valence-corrected chi connectivity index (χ2v) is 7.11. The molecule has 106 valence electrons. The van der Waals surface area contributed by atoms with Crippen LogP contribution in [-0.2, 0) is 10.0 Å². The fourth-order valence-electron chi connectivity index (χ4n) is 2.04. The third-order valence-electron chi connectivity index (χ3n) is 3.13. The lowest BCUT2D eigenvalue weighted by Gasteiger charge is -2.14. The Labute approximate surface area is 115 Å². The largest absolute Gasteiger partial charge is 0.384 e. The highest BCUT2D eigenvalue weighted by molar-refractivity contribution is 7.89. The van der Waals surface area contributed by atoms with Crippen molar-refractivity contribution < 1.29 is 8.42 Å². The highest BCUT2D eigenvalue weighted by Gasteiger charge is 2.22. The van der Waals surface area contributed by atoms with Crippen LogP contribution in [-0.4, -0.2) is 21.0 Å². The summed E-state index contributed by atoms with van der Waals surface area (Å²) in [6, 6.07) is 6.96. The summed E-state index contributed by atoms with van der Waals surface area (Å²) in [6.07, 6.45) is 3.75. The van der Waals surface area contributed by atoms with Crippen molar-refractivity contribution in [3.63, 3.8) is 0 Å². The minimum Gasteiger partial charge on any atom is -0.384 e. The monoisotopic (exact) mass is 282 g/mol. The van der Waals surface area contributed by atoms with Crippen LogP contribution in [0, 0.1) is 5.92 Å². The fraction of sp³-hybridized carbons (Fsp3) is 0.571. The molecule has 5 heteroatoms. The number of sulfonamides is 1. The first-order chi connectivity index (χ1) is 8.99. The van der Waals surface area contributed by atoms with Crippen LogP contribution < -0.4 is 10.0 Å². The summed E-state index contributed by atoms with van der Waals surface area (Å²) < 4.78 is 27.1. The molecule has 1 aliphatic rings. The van der Waals surface area contributed by atoms with Gasteiger partial charge in [-0.15, -0.1) is 0 Å². The average molecular weight is 282 g/mol. The Balaban J connectivity index is 2.10. The molecule has 0 heterocycles. The van der Waals surface area contributed by atoms with Gasteiger partial charge in [0, 0.05) is 12.6 Å². The van der Waals surface area contributed by atoms with Gasteiger partial charge in [0.2, 0.25) is 10.0 Å². The van der Waals surface area contributed by atoms with Crippen LogP contribution in [0.4, 0.5) is 5.69 Å². The van der Waals surface area contributed by atoms with E-state index in [0.29, 0.717) is 10.6 Å². The molecule has 1 aromatic carbocycles. The summed E-state index contributed by atoms with van der Waals surface area (Å²) >= 11 is 0. The molecule has 1 saturated carbocycles. The van der Waals surface area contributed by atoms with E-state index in [0.717, 1.165) is 18.9 Å². The SMILES string of the molecule is CC(C)NS(=O)(=O)c1ccccc1NCCC1CC1. The topological polar surface area (TPSA) is 58.2 Å². The normalized spacial score (nSPS) is 15.7. The molecule has 0 bridgehead atoms. The van der Waals surface area contributed by atoms with Gasteiger partial charge in [0.1, 0.15) is 4.90 Å². The van der Waals surface area contributed by atoms with Crippen LogP contribution in [0.3, 0.4) is 0 Å². The van der Waals surface area contributed by atoms with Crippen molar-refractivity contribution >= 4 is 15.7 Å². The van der Waals surface area contributed by atoms with Gasteiger partial charge in [0.25, 0.3) is 0 Å². The molecule has 0 aliphatic heterocycles. The van der Waals surface area contributed by atoms with Gasteiger partial charge in [-0.05, 0) is 38.3 Å². The van der Waals surface area contributed by atoms with Crippen molar-refractivity contribution in [2.75, 3.05) is 11.9 Å². The van der Waals surface area contributed by atoms with Crippen molar-refractivity contribution in [3.05, 3.63) is 24.3 Å². The van der Waals surface area contributed by atoms with Crippen LogP contribution in [0.5, 0.6) is 0 Å². The van der Waals surface area contributed by atoms with Crippen molar-refractivity contribution in [2.24, 2.45) is 5.92 Å². The maximum absolute atomic E-state index is 12.2. The maximum atomic E-state index is 12.2. The number of benzene rings is 1. The number of nitrogens with one attached hydrogen (secondary N) is 2. The Bertz CT molecular complexity index is 522. The van der Waals surface area contributed by atoms with Crippen molar-refractivity contribution in [1.29, 1.82) is 0 Å². The van der Waals surface area contributed by atoms with E-state index in [2.05, 4.69) is 10.0 Å². The molecule has 0 atom stereocenters. The Hall–Kier alpha value is -1.07. The Morgan fingerprint density at radius 2 is 1.95 bits per heavy atom. The van der Waals surface area contributed by atoms with Crippen molar-refractivity contribution in [1.82, 2.24) is 4.72 Å². The fourth-order valence-corrected chi connectivity index (χ4v) is 3.47. The van der Waals surface area contributed by atoms with E-state index in [-0.39, 0.29) is 6.04 Å². The van der Waals surface area contributed by atoms with Gasteiger partial charge in [-0.2, -0.15) is 0 Å². The first-order valence-corrected chi connectivity index (χ1v) is 8.32. The van der Waals surface area contributed by atoms with E-state index < -0.39 is 10.0 Å². The molecule has 0 radical (unpaired) electrons. The number of rotatable bonds is 7. The molecule has 0 spiro atoms. The van der Waals surface area contributed by atoms with Crippen molar-refractivity contribution in [3.8, 4) is 0 Å². The zero-order valence-electron chi connectivity index (χ0n) is 11.5. The molecular formula is C14H22N2O2S. The Kier molecular flexibility index (Phi) is 4.47. The lowest BCUT2D eigenvalue weighted by Crippen LogP contribution is -2.30. The predicted octanol–water partition coefficient (Wildman–Crippen LogP) is 2.59. The summed E-state index contributed by atoms with van der Waals surface area (Å²) in [6.45, 7) is 4.47. The van der Waals surface area contributed by atoms with Gasteiger partial charge in [0.05, 0.1) is 5.69 Å². The zero-order chi connectivity index (χ0) is 13.9. The van der Waals surface area contributed by atoms with Gasteiger partial charge in [0.15, 0.2) is 0 Å². The lowest BCUT2D eigenvalue weighted by atomic mass is 10.2. The molecule has 1 aliphatic carbocycles. The van der Waals surface area contributed by atoms with E-state index in [9.17, 15) is 8.42 Å². The average Bonchev–Trinajstić information content (AvgIpc) is 3.12. The minimum atomic E-state index is -3.44. The summed E-state index contributed by atoms with van der Waals surface area (Å²) in [5, 5.41) is 3.24. The van der Waals surface area contributed by atoms with E-state index in [1.54, 1.807) is 12.1 Å². The minimum absolute atomic E-state index is 0.107.